The molecule has 2 unspecified atom stereocenters. The highest BCUT2D eigenvalue weighted by molar-refractivity contribution is 9.10. The fourth-order valence-electron chi connectivity index (χ4n) is 2.56. The molecule has 1 aliphatic rings. The second-order valence-corrected chi connectivity index (χ2v) is 6.75. The second kappa shape index (κ2) is 4.56. The molecule has 0 aliphatic heterocycles. The molecule has 1 aliphatic carbocycles. The van der Waals surface area contributed by atoms with Crippen LogP contribution in [-0.2, 0) is 6.42 Å². The average molecular weight is 289 g/mol. The average Bonchev–Trinajstić information content (AvgIpc) is 2.49. The van der Waals surface area contributed by atoms with Crippen molar-refractivity contribution < 1.29 is 5.11 Å². The third kappa shape index (κ3) is 3.05. The zero-order valence-electron chi connectivity index (χ0n) is 9.00. The lowest BCUT2D eigenvalue weighted by atomic mass is 9.77. The molecule has 0 bridgehead atoms. The highest BCUT2D eigenvalue weighted by atomic mass is 79.9. The highest BCUT2D eigenvalue weighted by Crippen LogP contribution is 2.36. The maximum atomic E-state index is 10.5. The molecule has 2 atom stereocenters. The van der Waals surface area contributed by atoms with Gasteiger partial charge in [-0.05, 0) is 40.8 Å². The van der Waals surface area contributed by atoms with E-state index in [-0.39, 0.29) is 0 Å². The second-order valence-electron chi connectivity index (χ2n) is 4.83. The molecule has 3 heteroatoms. The van der Waals surface area contributed by atoms with Gasteiger partial charge in [-0.1, -0.05) is 19.8 Å². The minimum absolute atomic E-state index is 0.442. The summed E-state index contributed by atoms with van der Waals surface area (Å²) < 4.78 is 1.13. The van der Waals surface area contributed by atoms with Crippen molar-refractivity contribution in [2.24, 2.45) is 5.92 Å². The van der Waals surface area contributed by atoms with Gasteiger partial charge in [0.2, 0.25) is 0 Å². The molecule has 0 radical (unpaired) electrons. The van der Waals surface area contributed by atoms with Crippen molar-refractivity contribution in [2.45, 2.75) is 44.6 Å². The summed E-state index contributed by atoms with van der Waals surface area (Å²) in [6, 6.07) is 2.13. The summed E-state index contributed by atoms with van der Waals surface area (Å²) in [6.07, 6.45) is 5.20. The van der Waals surface area contributed by atoms with Gasteiger partial charge in [-0.2, -0.15) is 0 Å². The number of hydrogen-bond acceptors (Lipinski definition) is 2. The maximum absolute atomic E-state index is 10.5. The van der Waals surface area contributed by atoms with E-state index >= 15 is 0 Å². The summed E-state index contributed by atoms with van der Waals surface area (Å²) in [7, 11) is 0. The Kier molecular flexibility index (Phi) is 3.53. The van der Waals surface area contributed by atoms with Gasteiger partial charge < -0.3 is 5.11 Å². The van der Waals surface area contributed by atoms with Crippen LogP contribution in [0.5, 0.6) is 0 Å². The Morgan fingerprint density at radius 3 is 3.07 bits per heavy atom. The Morgan fingerprint density at radius 1 is 1.67 bits per heavy atom. The quantitative estimate of drug-likeness (QED) is 0.872. The Balaban J connectivity index is 2.03. The van der Waals surface area contributed by atoms with E-state index in [4.69, 9.17) is 0 Å². The first-order valence-corrected chi connectivity index (χ1v) is 7.20. The summed E-state index contributed by atoms with van der Waals surface area (Å²) >= 11 is 5.19. The van der Waals surface area contributed by atoms with Crippen LogP contribution < -0.4 is 0 Å². The van der Waals surface area contributed by atoms with Crippen molar-refractivity contribution in [3.8, 4) is 0 Å². The van der Waals surface area contributed by atoms with Crippen LogP contribution in [-0.4, -0.2) is 10.7 Å². The molecular formula is C12H17BrOS. The fourth-order valence-corrected chi connectivity index (χ4v) is 4.15. The van der Waals surface area contributed by atoms with Gasteiger partial charge in [-0.3, -0.25) is 0 Å². The lowest BCUT2D eigenvalue weighted by Gasteiger charge is -2.35. The summed E-state index contributed by atoms with van der Waals surface area (Å²) in [5.41, 5.74) is -0.442. The van der Waals surface area contributed by atoms with E-state index in [9.17, 15) is 5.11 Å². The Morgan fingerprint density at radius 2 is 2.47 bits per heavy atom. The third-order valence-corrected chi connectivity index (χ3v) is 4.89. The minimum Gasteiger partial charge on any atom is -0.390 e. The van der Waals surface area contributed by atoms with Crippen LogP contribution in [0.25, 0.3) is 0 Å². The highest BCUT2D eigenvalue weighted by Gasteiger charge is 2.32. The van der Waals surface area contributed by atoms with Gasteiger partial charge in [0.15, 0.2) is 0 Å². The first-order valence-electron chi connectivity index (χ1n) is 5.53. The molecule has 0 amide bonds. The van der Waals surface area contributed by atoms with Crippen LogP contribution in [0.4, 0.5) is 0 Å². The molecule has 2 rings (SSSR count). The summed E-state index contributed by atoms with van der Waals surface area (Å²) in [5.74, 6) is 0.673. The van der Waals surface area contributed by atoms with Crippen molar-refractivity contribution in [1.29, 1.82) is 0 Å². The number of thiophene rings is 1. The first kappa shape index (κ1) is 11.6. The van der Waals surface area contributed by atoms with E-state index in [1.165, 1.54) is 17.7 Å². The van der Waals surface area contributed by atoms with Crippen molar-refractivity contribution in [2.75, 3.05) is 0 Å². The molecule has 1 heterocycles. The number of rotatable bonds is 2. The number of aliphatic hydroxyl groups is 1. The van der Waals surface area contributed by atoms with E-state index in [2.05, 4.69) is 34.3 Å². The fraction of sp³-hybridized carbons (Fsp3) is 0.667. The number of halogens is 1. The molecule has 1 fully saturated rings. The van der Waals surface area contributed by atoms with Gasteiger partial charge in [0.1, 0.15) is 0 Å². The molecular weight excluding hydrogens is 272 g/mol. The van der Waals surface area contributed by atoms with E-state index < -0.39 is 5.60 Å². The SMILES string of the molecule is CC1CCCC(O)(Cc2cc(Br)cs2)C1. The molecule has 0 aromatic carbocycles. The van der Waals surface area contributed by atoms with Gasteiger partial charge >= 0.3 is 0 Å². The van der Waals surface area contributed by atoms with Crippen molar-refractivity contribution in [3.63, 3.8) is 0 Å². The van der Waals surface area contributed by atoms with Crippen LogP contribution >= 0.6 is 27.3 Å². The summed E-state index contributed by atoms with van der Waals surface area (Å²) in [5, 5.41) is 12.6. The van der Waals surface area contributed by atoms with E-state index in [1.54, 1.807) is 11.3 Å². The van der Waals surface area contributed by atoms with E-state index in [1.807, 2.05) is 0 Å². The predicted molar refractivity (Wildman–Crippen MR) is 68.3 cm³/mol. The van der Waals surface area contributed by atoms with Gasteiger partial charge in [-0.25, -0.2) is 0 Å². The smallest absolute Gasteiger partial charge is 0.0698 e. The van der Waals surface area contributed by atoms with Crippen molar-refractivity contribution >= 4 is 27.3 Å². The van der Waals surface area contributed by atoms with Gasteiger partial charge in [0.05, 0.1) is 5.60 Å². The zero-order valence-corrected chi connectivity index (χ0v) is 11.4. The summed E-state index contributed by atoms with van der Waals surface area (Å²) in [6.45, 7) is 2.24. The molecule has 1 N–H and O–H groups in total. The maximum Gasteiger partial charge on any atom is 0.0698 e. The largest absolute Gasteiger partial charge is 0.390 e. The zero-order chi connectivity index (χ0) is 10.9. The molecule has 0 spiro atoms. The molecule has 1 saturated carbocycles. The monoisotopic (exact) mass is 288 g/mol. The third-order valence-electron chi connectivity index (χ3n) is 3.19. The van der Waals surface area contributed by atoms with Crippen LogP contribution in [0.15, 0.2) is 15.9 Å². The normalized spacial score (nSPS) is 31.8. The topological polar surface area (TPSA) is 20.2 Å². The van der Waals surface area contributed by atoms with Gasteiger partial charge in [-0.15, -0.1) is 11.3 Å². The van der Waals surface area contributed by atoms with Crippen molar-refractivity contribution in [1.82, 2.24) is 0 Å². The van der Waals surface area contributed by atoms with Crippen molar-refractivity contribution in [3.05, 3.63) is 20.8 Å². The summed E-state index contributed by atoms with van der Waals surface area (Å²) in [4.78, 5) is 1.29. The standard InChI is InChI=1S/C12H17BrOS/c1-9-3-2-4-12(14,6-9)7-11-5-10(13)8-15-11/h5,8-9,14H,2-4,6-7H2,1H3. The number of hydrogen-bond donors (Lipinski definition) is 1. The van der Waals surface area contributed by atoms with Crippen LogP contribution in [0, 0.1) is 5.92 Å². The Hall–Kier alpha value is 0.140. The molecule has 1 nitrogen and oxygen atoms in total. The van der Waals surface area contributed by atoms with E-state index in [0.717, 1.165) is 23.7 Å². The lowest BCUT2D eigenvalue weighted by Crippen LogP contribution is -2.36. The molecule has 1 aromatic rings. The van der Waals surface area contributed by atoms with Crippen LogP contribution in [0.3, 0.4) is 0 Å². The van der Waals surface area contributed by atoms with Crippen LogP contribution in [0.2, 0.25) is 0 Å². The molecule has 0 saturated heterocycles. The Bertz CT molecular complexity index is 336. The molecule has 15 heavy (non-hydrogen) atoms. The van der Waals surface area contributed by atoms with Crippen LogP contribution in [0.1, 0.15) is 37.5 Å². The first-order chi connectivity index (χ1) is 7.07. The lowest BCUT2D eigenvalue weighted by molar-refractivity contribution is -0.0117. The van der Waals surface area contributed by atoms with Gasteiger partial charge in [0.25, 0.3) is 0 Å². The molecule has 84 valence electrons. The van der Waals surface area contributed by atoms with Gasteiger partial charge in [0, 0.05) is 21.2 Å². The predicted octanol–water partition coefficient (Wildman–Crippen LogP) is 3.99. The molecule has 1 aromatic heterocycles. The van der Waals surface area contributed by atoms with E-state index in [0.29, 0.717) is 5.92 Å². The Labute approximate surface area is 104 Å². The minimum atomic E-state index is -0.442.